The van der Waals surface area contributed by atoms with Crippen molar-refractivity contribution in [3.8, 4) is 5.75 Å². The van der Waals surface area contributed by atoms with Gasteiger partial charge < -0.3 is 9.47 Å². The molecule has 0 aliphatic rings. The van der Waals surface area contributed by atoms with Gasteiger partial charge in [0.15, 0.2) is 0 Å². The summed E-state index contributed by atoms with van der Waals surface area (Å²) in [6, 6.07) is 20.8. The average molecular weight is 386 g/mol. The van der Waals surface area contributed by atoms with Crippen molar-refractivity contribution in [2.75, 3.05) is 0 Å². The molecular formula is C22H17F3O3. The Morgan fingerprint density at radius 3 is 1.93 bits per heavy atom. The summed E-state index contributed by atoms with van der Waals surface area (Å²) >= 11 is 0. The highest BCUT2D eigenvalue weighted by atomic mass is 19.4. The van der Waals surface area contributed by atoms with Crippen molar-refractivity contribution in [2.45, 2.75) is 19.4 Å². The molecule has 0 aromatic heterocycles. The van der Waals surface area contributed by atoms with Gasteiger partial charge in [-0.3, -0.25) is 0 Å². The predicted molar refractivity (Wildman–Crippen MR) is 97.8 cm³/mol. The number of rotatable bonds is 6. The smallest absolute Gasteiger partial charge is 0.416 e. The second-order valence-electron chi connectivity index (χ2n) is 6.08. The minimum Gasteiger partial charge on any atom is -0.489 e. The third kappa shape index (κ3) is 5.36. The maximum absolute atomic E-state index is 13.2. The maximum atomic E-state index is 13.2. The first kappa shape index (κ1) is 19.5. The van der Waals surface area contributed by atoms with Crippen LogP contribution in [0.4, 0.5) is 13.2 Å². The minimum atomic E-state index is -4.61. The van der Waals surface area contributed by atoms with Crippen LogP contribution in [0.1, 0.15) is 27.0 Å². The van der Waals surface area contributed by atoms with Crippen LogP contribution in [0, 0.1) is 0 Å². The summed E-state index contributed by atoms with van der Waals surface area (Å²) in [4.78, 5) is 12.3. The largest absolute Gasteiger partial charge is 0.489 e. The maximum Gasteiger partial charge on any atom is 0.416 e. The van der Waals surface area contributed by atoms with Crippen molar-refractivity contribution < 1.29 is 27.4 Å². The fraction of sp³-hybridized carbons (Fsp3) is 0.136. The van der Waals surface area contributed by atoms with Crippen LogP contribution in [-0.4, -0.2) is 5.97 Å². The van der Waals surface area contributed by atoms with Crippen LogP contribution < -0.4 is 4.74 Å². The van der Waals surface area contributed by atoms with Gasteiger partial charge in [0.25, 0.3) is 0 Å². The Hall–Kier alpha value is -3.28. The van der Waals surface area contributed by atoms with E-state index >= 15 is 0 Å². The van der Waals surface area contributed by atoms with Crippen molar-refractivity contribution in [3.63, 3.8) is 0 Å². The van der Waals surface area contributed by atoms with E-state index in [0.717, 1.165) is 23.3 Å². The van der Waals surface area contributed by atoms with Gasteiger partial charge in [-0.2, -0.15) is 13.2 Å². The van der Waals surface area contributed by atoms with E-state index in [1.54, 1.807) is 48.5 Å². The lowest BCUT2D eigenvalue weighted by atomic mass is 10.1. The monoisotopic (exact) mass is 386 g/mol. The molecule has 0 radical (unpaired) electrons. The zero-order valence-electron chi connectivity index (χ0n) is 14.8. The summed E-state index contributed by atoms with van der Waals surface area (Å²) in [6.45, 7) is 0.0524. The molecule has 0 aliphatic heterocycles. The van der Waals surface area contributed by atoms with E-state index in [1.807, 2.05) is 12.1 Å². The van der Waals surface area contributed by atoms with E-state index in [1.165, 1.54) is 6.07 Å². The fourth-order valence-corrected chi connectivity index (χ4v) is 2.51. The average Bonchev–Trinajstić information content (AvgIpc) is 2.71. The Morgan fingerprint density at radius 2 is 1.36 bits per heavy atom. The van der Waals surface area contributed by atoms with Crippen molar-refractivity contribution >= 4 is 5.97 Å². The number of ether oxygens (including phenoxy) is 2. The van der Waals surface area contributed by atoms with E-state index in [9.17, 15) is 18.0 Å². The molecule has 144 valence electrons. The zero-order valence-corrected chi connectivity index (χ0v) is 14.8. The first-order valence-electron chi connectivity index (χ1n) is 8.52. The number of carbonyl (C=O) groups excluding carboxylic acids is 1. The Balaban J connectivity index is 1.78. The van der Waals surface area contributed by atoms with Crippen LogP contribution in [0.2, 0.25) is 0 Å². The lowest BCUT2D eigenvalue weighted by Crippen LogP contribution is -2.11. The molecule has 3 aromatic carbocycles. The summed E-state index contributed by atoms with van der Waals surface area (Å²) < 4.78 is 50.3. The molecular weight excluding hydrogens is 369 g/mol. The van der Waals surface area contributed by atoms with Gasteiger partial charge in [0.1, 0.15) is 19.0 Å². The Bertz CT molecular complexity index is 923. The highest BCUT2D eigenvalue weighted by molar-refractivity contribution is 5.90. The third-order valence-corrected chi connectivity index (χ3v) is 3.93. The van der Waals surface area contributed by atoms with E-state index in [-0.39, 0.29) is 24.5 Å². The predicted octanol–water partition coefficient (Wildman–Crippen LogP) is 5.64. The van der Waals surface area contributed by atoms with Gasteiger partial charge in [-0.25, -0.2) is 4.79 Å². The zero-order chi connectivity index (χ0) is 20.0. The molecule has 28 heavy (non-hydrogen) atoms. The summed E-state index contributed by atoms with van der Waals surface area (Å²) in [5, 5.41) is 0. The number of benzene rings is 3. The van der Waals surface area contributed by atoms with Gasteiger partial charge in [0, 0.05) is 0 Å². The second-order valence-corrected chi connectivity index (χ2v) is 6.08. The summed E-state index contributed by atoms with van der Waals surface area (Å²) in [7, 11) is 0. The second kappa shape index (κ2) is 8.61. The number of hydrogen-bond donors (Lipinski definition) is 0. The summed E-state index contributed by atoms with van der Waals surface area (Å²) in [5.74, 6) is -0.898. The standard InChI is InChI=1S/C22H17F3O3/c23-22(24,25)19-11-18(21(26)28-15-17-9-5-2-6-10-17)12-20(13-19)27-14-16-7-3-1-4-8-16/h1-13H,14-15H2. The number of hydrogen-bond acceptors (Lipinski definition) is 3. The SMILES string of the molecule is O=C(OCc1ccccc1)c1cc(OCc2ccccc2)cc(C(F)(F)F)c1. The molecule has 0 atom stereocenters. The number of halogens is 3. The number of carbonyl (C=O) groups is 1. The molecule has 0 amide bonds. The lowest BCUT2D eigenvalue weighted by Gasteiger charge is -2.13. The highest BCUT2D eigenvalue weighted by Gasteiger charge is 2.32. The van der Waals surface area contributed by atoms with Crippen molar-refractivity contribution in [2.24, 2.45) is 0 Å². The number of esters is 1. The third-order valence-electron chi connectivity index (χ3n) is 3.93. The molecule has 3 nitrogen and oxygen atoms in total. The molecule has 0 saturated heterocycles. The molecule has 0 aliphatic carbocycles. The molecule has 0 saturated carbocycles. The number of alkyl halides is 3. The van der Waals surface area contributed by atoms with Gasteiger partial charge in [0.2, 0.25) is 0 Å². The van der Waals surface area contributed by atoms with Crippen LogP contribution in [0.3, 0.4) is 0 Å². The van der Waals surface area contributed by atoms with Gasteiger partial charge in [-0.05, 0) is 29.3 Å². The molecule has 0 bridgehead atoms. The quantitative estimate of drug-likeness (QED) is 0.514. The molecule has 0 heterocycles. The van der Waals surface area contributed by atoms with Crippen LogP contribution in [0.5, 0.6) is 5.75 Å². The van der Waals surface area contributed by atoms with Crippen molar-refractivity contribution in [1.29, 1.82) is 0 Å². The minimum absolute atomic E-state index is 0.0316. The molecule has 6 heteroatoms. The van der Waals surface area contributed by atoms with E-state index in [2.05, 4.69) is 0 Å². The van der Waals surface area contributed by atoms with Crippen LogP contribution in [-0.2, 0) is 24.1 Å². The van der Waals surface area contributed by atoms with Gasteiger partial charge in [-0.1, -0.05) is 60.7 Å². The highest BCUT2D eigenvalue weighted by Crippen LogP contribution is 2.33. The van der Waals surface area contributed by atoms with E-state index < -0.39 is 17.7 Å². The molecule has 3 rings (SSSR count). The molecule has 0 fully saturated rings. The van der Waals surface area contributed by atoms with Crippen LogP contribution >= 0.6 is 0 Å². The summed E-state index contributed by atoms with van der Waals surface area (Å²) in [6.07, 6.45) is -4.61. The normalized spacial score (nSPS) is 11.1. The lowest BCUT2D eigenvalue weighted by molar-refractivity contribution is -0.137. The van der Waals surface area contributed by atoms with E-state index in [0.29, 0.717) is 0 Å². The summed E-state index contributed by atoms with van der Waals surface area (Å²) in [5.41, 5.74) is 0.357. The van der Waals surface area contributed by atoms with Gasteiger partial charge in [0.05, 0.1) is 11.1 Å². The van der Waals surface area contributed by atoms with Gasteiger partial charge in [-0.15, -0.1) is 0 Å². The Morgan fingerprint density at radius 1 is 0.786 bits per heavy atom. The van der Waals surface area contributed by atoms with Gasteiger partial charge >= 0.3 is 12.1 Å². The molecule has 0 spiro atoms. The first-order valence-corrected chi connectivity index (χ1v) is 8.52. The fourth-order valence-electron chi connectivity index (χ4n) is 2.51. The van der Waals surface area contributed by atoms with Crippen LogP contribution in [0.25, 0.3) is 0 Å². The van der Waals surface area contributed by atoms with E-state index in [4.69, 9.17) is 9.47 Å². The van der Waals surface area contributed by atoms with Crippen molar-refractivity contribution in [3.05, 3.63) is 101 Å². The Labute approximate surface area is 160 Å². The Kier molecular flexibility index (Phi) is 5.99. The molecule has 3 aromatic rings. The van der Waals surface area contributed by atoms with Crippen molar-refractivity contribution in [1.82, 2.24) is 0 Å². The molecule has 0 N–H and O–H groups in total. The molecule has 0 unspecified atom stereocenters. The topological polar surface area (TPSA) is 35.5 Å². The first-order chi connectivity index (χ1) is 13.4. The van der Waals surface area contributed by atoms with Crippen LogP contribution in [0.15, 0.2) is 78.9 Å².